The molecule has 0 atom stereocenters. The number of ether oxygens (including phenoxy) is 3. The molecule has 0 radical (unpaired) electrons. The number of carbonyl (C=O) groups excluding carboxylic acids is 3. The van der Waals surface area contributed by atoms with Crippen LogP contribution in [-0.4, -0.2) is 78.7 Å². The van der Waals surface area contributed by atoms with Crippen molar-refractivity contribution in [1.82, 2.24) is 14.8 Å². The Morgan fingerprint density at radius 1 is 0.981 bits per heavy atom. The molecule has 1 aromatic heterocycles. The van der Waals surface area contributed by atoms with Crippen LogP contribution in [-0.2, 0) is 14.4 Å². The second-order valence-corrected chi connectivity index (χ2v) is 12.8. The van der Waals surface area contributed by atoms with E-state index in [0.29, 0.717) is 40.4 Å². The molecule has 1 saturated heterocycles. The fourth-order valence-corrected chi connectivity index (χ4v) is 6.06. The van der Waals surface area contributed by atoms with E-state index in [9.17, 15) is 14.4 Å². The zero-order valence-electron chi connectivity index (χ0n) is 29.4. The van der Waals surface area contributed by atoms with Gasteiger partial charge in [0.05, 0.1) is 24.9 Å². The summed E-state index contributed by atoms with van der Waals surface area (Å²) in [6.45, 7) is 7.94. The largest absolute Gasteiger partial charge is 0.493 e. The van der Waals surface area contributed by atoms with Crippen LogP contribution in [0.2, 0.25) is 0 Å². The van der Waals surface area contributed by atoms with Crippen LogP contribution in [0.25, 0.3) is 10.9 Å². The number of nitrogens with zero attached hydrogens (tertiary/aromatic N) is 5. The second-order valence-electron chi connectivity index (χ2n) is 12.8. The molecule has 1 amide bonds. The van der Waals surface area contributed by atoms with Gasteiger partial charge in [-0.3, -0.25) is 9.78 Å². The number of fused-ring (bicyclic) bond motifs is 1. The molecule has 0 saturated carbocycles. The van der Waals surface area contributed by atoms with E-state index in [0.717, 1.165) is 43.6 Å². The number of hydrogen-bond acceptors (Lipinski definition) is 11. The van der Waals surface area contributed by atoms with Gasteiger partial charge in [0.2, 0.25) is 5.82 Å². The first-order valence-corrected chi connectivity index (χ1v) is 17.0. The fraction of sp³-hybridized carbons (Fsp3) is 0.308. The van der Waals surface area contributed by atoms with Crippen LogP contribution < -0.4 is 24.5 Å². The third-order valence-corrected chi connectivity index (χ3v) is 9.11. The molecule has 3 heterocycles. The van der Waals surface area contributed by atoms with Crippen molar-refractivity contribution in [2.45, 2.75) is 33.1 Å². The maximum atomic E-state index is 15.5. The Morgan fingerprint density at radius 3 is 2.44 bits per heavy atom. The van der Waals surface area contributed by atoms with Crippen LogP contribution in [0.4, 0.5) is 15.8 Å². The molecular formula is C39H39FN6O6. The lowest BCUT2D eigenvalue weighted by atomic mass is 9.99. The minimum Gasteiger partial charge on any atom is -0.493 e. The summed E-state index contributed by atoms with van der Waals surface area (Å²) in [5.41, 5.74) is 1.45. The van der Waals surface area contributed by atoms with Crippen LogP contribution in [0.15, 0.2) is 83.5 Å². The second kappa shape index (κ2) is 15.9. The van der Waals surface area contributed by atoms with E-state index >= 15 is 4.39 Å². The van der Waals surface area contributed by atoms with E-state index < -0.39 is 11.7 Å². The van der Waals surface area contributed by atoms with Crippen LogP contribution in [0, 0.1) is 18.7 Å². The Hall–Kier alpha value is -6.00. The van der Waals surface area contributed by atoms with Gasteiger partial charge < -0.3 is 29.3 Å². The predicted octanol–water partition coefficient (Wildman–Crippen LogP) is 6.12. The van der Waals surface area contributed by atoms with E-state index in [-0.39, 0.29) is 28.7 Å². The topological polar surface area (TPSA) is 126 Å². The average Bonchev–Trinajstić information content (AvgIpc) is 3.14. The fourth-order valence-electron chi connectivity index (χ4n) is 6.06. The Labute approximate surface area is 300 Å². The van der Waals surface area contributed by atoms with Crippen molar-refractivity contribution in [2.24, 2.45) is 11.0 Å². The number of amides is 1. The molecule has 268 valence electrons. The summed E-state index contributed by atoms with van der Waals surface area (Å²) in [5, 5.41) is 8.61. The molecule has 12 nitrogen and oxygen atoms in total. The standard InChI is InChI=1S/C39H39FN6O6/c1-25-6-9-28(10-7-25)46-37(24-48)44(3)32(23-47)38(43-46)39(49)42-27-8-11-34(30(40)20-27)52-33-12-15-41-31-22-36(35(50-4)21-29(31)33)51-19-5-16-45-17-13-26(2)14-18-45/h6-12,15,20-22,26H,5,13-14,16-19H2,1-4H3,(H,42,49). The number of aryl methyl sites for hydroxylation is 1. The summed E-state index contributed by atoms with van der Waals surface area (Å²) in [4.78, 5) is 45.3. The number of nitrogens with one attached hydrogen (secondary N) is 1. The van der Waals surface area contributed by atoms with E-state index in [1.54, 1.807) is 67.7 Å². The quantitative estimate of drug-likeness (QED) is 0.144. The van der Waals surface area contributed by atoms with Gasteiger partial charge in [-0.25, -0.2) is 19.0 Å². The molecular weight excluding hydrogens is 667 g/mol. The van der Waals surface area contributed by atoms with Gasteiger partial charge in [0.1, 0.15) is 5.75 Å². The van der Waals surface area contributed by atoms with Crippen LogP contribution in [0.1, 0.15) is 31.7 Å². The molecule has 2 aliphatic heterocycles. The van der Waals surface area contributed by atoms with Crippen LogP contribution >= 0.6 is 0 Å². The monoisotopic (exact) mass is 706 g/mol. The lowest BCUT2D eigenvalue weighted by Gasteiger charge is -2.32. The van der Waals surface area contributed by atoms with E-state index in [2.05, 4.69) is 27.2 Å². The van der Waals surface area contributed by atoms with Crippen molar-refractivity contribution < 1.29 is 33.0 Å². The van der Waals surface area contributed by atoms with Gasteiger partial charge in [-0.2, -0.15) is 5.10 Å². The SMILES string of the molecule is COc1cc2c(Oc3ccc(NC(=O)C4=NN(c5ccc(C)cc5)C(=C=O)N(C)C4=C=O)cc3F)ccnc2cc1OCCCN1CCC(C)CC1. The van der Waals surface area contributed by atoms with Gasteiger partial charge in [0, 0.05) is 43.0 Å². The number of rotatable bonds is 11. The smallest absolute Gasteiger partial charge is 0.279 e. The minimum absolute atomic E-state index is 0.0713. The first kappa shape index (κ1) is 35.8. The number of pyridine rings is 1. The lowest BCUT2D eigenvalue weighted by Crippen LogP contribution is -2.43. The van der Waals surface area contributed by atoms with Crippen LogP contribution in [0.5, 0.6) is 23.0 Å². The van der Waals surface area contributed by atoms with E-state index in [1.165, 1.54) is 41.9 Å². The van der Waals surface area contributed by atoms with Crippen molar-refractivity contribution in [3.8, 4) is 23.0 Å². The summed E-state index contributed by atoms with van der Waals surface area (Å²) in [7, 11) is 2.97. The number of piperidine rings is 1. The van der Waals surface area contributed by atoms with Gasteiger partial charge in [-0.15, -0.1) is 0 Å². The Balaban J connectivity index is 1.16. The van der Waals surface area contributed by atoms with E-state index in [4.69, 9.17) is 14.2 Å². The van der Waals surface area contributed by atoms with Gasteiger partial charge in [0.25, 0.3) is 5.91 Å². The predicted molar refractivity (Wildman–Crippen MR) is 196 cm³/mol. The molecule has 0 unspecified atom stereocenters. The maximum Gasteiger partial charge on any atom is 0.279 e. The summed E-state index contributed by atoms with van der Waals surface area (Å²) in [6.07, 6.45) is 4.90. The maximum absolute atomic E-state index is 15.5. The van der Waals surface area contributed by atoms with Gasteiger partial charge in [-0.05, 0) is 81.6 Å². The number of anilines is 2. The van der Waals surface area contributed by atoms with Crippen molar-refractivity contribution in [3.05, 3.63) is 89.8 Å². The molecule has 0 aliphatic carbocycles. The molecule has 52 heavy (non-hydrogen) atoms. The highest BCUT2D eigenvalue weighted by atomic mass is 19.1. The highest BCUT2D eigenvalue weighted by Crippen LogP contribution is 2.38. The highest BCUT2D eigenvalue weighted by molar-refractivity contribution is 6.50. The van der Waals surface area contributed by atoms with Crippen molar-refractivity contribution in [3.63, 3.8) is 0 Å². The normalized spacial score (nSPS) is 15.2. The Morgan fingerprint density at radius 2 is 1.75 bits per heavy atom. The molecule has 0 bridgehead atoms. The molecule has 4 aromatic rings. The summed E-state index contributed by atoms with van der Waals surface area (Å²) < 4.78 is 33.2. The third kappa shape index (κ3) is 7.82. The molecule has 6 rings (SSSR count). The minimum atomic E-state index is -0.827. The van der Waals surface area contributed by atoms with Crippen molar-refractivity contribution in [1.29, 1.82) is 0 Å². The number of hydrazone groups is 1. The third-order valence-electron chi connectivity index (χ3n) is 9.11. The Bertz CT molecular complexity index is 2100. The van der Waals surface area contributed by atoms with Crippen molar-refractivity contribution in [2.75, 3.05) is 50.7 Å². The van der Waals surface area contributed by atoms with E-state index in [1.807, 2.05) is 6.92 Å². The highest BCUT2D eigenvalue weighted by Gasteiger charge is 2.34. The average molecular weight is 707 g/mol. The molecule has 0 spiro atoms. The molecule has 2 aliphatic rings. The van der Waals surface area contributed by atoms with Crippen molar-refractivity contribution >= 4 is 45.8 Å². The number of benzene rings is 3. The first-order chi connectivity index (χ1) is 25.2. The summed E-state index contributed by atoms with van der Waals surface area (Å²) in [6, 6.07) is 16.1. The number of halogens is 1. The number of carbonyl (C=O) groups is 1. The summed E-state index contributed by atoms with van der Waals surface area (Å²) in [5.74, 6) is 3.79. The van der Waals surface area contributed by atoms with Gasteiger partial charge >= 0.3 is 0 Å². The summed E-state index contributed by atoms with van der Waals surface area (Å²) >= 11 is 0. The molecule has 1 fully saturated rings. The molecule has 13 heteroatoms. The lowest BCUT2D eigenvalue weighted by molar-refractivity contribution is -0.110. The zero-order chi connectivity index (χ0) is 36.8. The molecule has 3 aromatic carbocycles. The number of likely N-dealkylation sites (tertiary alicyclic amines) is 1. The van der Waals surface area contributed by atoms with Gasteiger partial charge in [0.15, 0.2) is 46.4 Å². The Kier molecular flexibility index (Phi) is 11.0. The zero-order valence-corrected chi connectivity index (χ0v) is 29.4. The number of methoxy groups -OCH3 is 1. The van der Waals surface area contributed by atoms with Gasteiger partial charge in [-0.1, -0.05) is 24.6 Å². The van der Waals surface area contributed by atoms with Crippen LogP contribution in [0.3, 0.4) is 0 Å². The number of aromatic nitrogens is 1. The number of hydrogen-bond donors (Lipinski definition) is 1. The first-order valence-electron chi connectivity index (χ1n) is 17.0. The molecule has 1 N–H and O–H groups in total.